The lowest BCUT2D eigenvalue weighted by Gasteiger charge is -2.54. The molecule has 170 valence electrons. The molecular weight excluding hydrogens is 467 g/mol. The monoisotopic (exact) mass is 486 g/mol. The van der Waals surface area contributed by atoms with Crippen LogP contribution >= 0.6 is 34.8 Å². The van der Waals surface area contributed by atoms with Crippen LogP contribution in [0.2, 0.25) is 0 Å². The number of carbonyl (C=O) groups excluding carboxylic acids is 1. The molecule has 0 aromatic rings. The van der Waals surface area contributed by atoms with Crippen molar-refractivity contribution >= 4 is 40.6 Å². The number of ketones is 1. The zero-order valence-electron chi connectivity index (χ0n) is 14.7. The van der Waals surface area contributed by atoms with Crippen molar-refractivity contribution in [3.8, 4) is 0 Å². The van der Waals surface area contributed by atoms with Gasteiger partial charge in [-0.15, -0.1) is 0 Å². The van der Waals surface area contributed by atoms with Crippen LogP contribution in [0, 0.1) is 0 Å². The van der Waals surface area contributed by atoms with Crippen LogP contribution in [0.4, 0.5) is 0 Å². The van der Waals surface area contributed by atoms with Gasteiger partial charge in [-0.1, -0.05) is 34.8 Å². The predicted octanol–water partition coefficient (Wildman–Crippen LogP) is -3.74. The number of rotatable bonds is 6. The molecular formula is C14H21Cl3O12. The summed E-state index contributed by atoms with van der Waals surface area (Å²) in [5.74, 6) is -3.65. The van der Waals surface area contributed by atoms with Gasteiger partial charge in [0.25, 0.3) is 5.06 Å². The molecule has 0 bridgehead atoms. The summed E-state index contributed by atoms with van der Waals surface area (Å²) in [6, 6.07) is 0. The van der Waals surface area contributed by atoms with E-state index in [4.69, 9.17) is 49.0 Å². The van der Waals surface area contributed by atoms with E-state index < -0.39 is 76.8 Å². The lowest BCUT2D eigenvalue weighted by atomic mass is 9.92. The van der Waals surface area contributed by atoms with Crippen LogP contribution in [0.3, 0.4) is 0 Å². The van der Waals surface area contributed by atoms with E-state index >= 15 is 0 Å². The highest BCUT2D eigenvalue weighted by Crippen LogP contribution is 2.54. The Morgan fingerprint density at radius 1 is 1.10 bits per heavy atom. The highest BCUT2D eigenvalue weighted by Gasteiger charge is 2.75. The number of hydrogen-bond donors (Lipinski definition) is 8. The molecule has 0 aromatic carbocycles. The summed E-state index contributed by atoms with van der Waals surface area (Å²) in [6.45, 7) is -1.20. The number of aliphatic hydroxyl groups excluding tert-OH is 6. The molecule has 10 atom stereocenters. The van der Waals surface area contributed by atoms with Gasteiger partial charge in [-0.05, 0) is 6.92 Å². The second-order valence-electron chi connectivity index (χ2n) is 6.76. The number of ether oxygens (including phenoxy) is 3. The summed E-state index contributed by atoms with van der Waals surface area (Å²) < 4.78 is 15.3. The zero-order chi connectivity index (χ0) is 22.6. The van der Waals surface area contributed by atoms with Crippen LogP contribution in [-0.4, -0.2) is 118 Å². The Hall–Kier alpha value is 0.100. The maximum Gasteiger partial charge on any atom is 0.300 e. The summed E-state index contributed by atoms with van der Waals surface area (Å²) >= 11 is 17.6. The van der Waals surface area contributed by atoms with Gasteiger partial charge in [0, 0.05) is 0 Å². The maximum absolute atomic E-state index is 11.5. The van der Waals surface area contributed by atoms with Crippen LogP contribution in [0.1, 0.15) is 6.92 Å². The van der Waals surface area contributed by atoms with Gasteiger partial charge in [0.05, 0.1) is 6.61 Å². The fourth-order valence-electron chi connectivity index (χ4n) is 2.97. The first kappa shape index (κ1) is 25.4. The molecule has 2 aliphatic rings. The normalized spacial score (nSPS) is 51.8. The van der Waals surface area contributed by atoms with E-state index in [-0.39, 0.29) is 0 Å². The number of halogens is 3. The Kier molecular flexibility index (Phi) is 7.19. The molecule has 0 amide bonds. The van der Waals surface area contributed by atoms with Crippen molar-refractivity contribution in [3.05, 3.63) is 0 Å². The Bertz CT molecular complexity index is 635. The van der Waals surface area contributed by atoms with E-state index in [1.807, 2.05) is 0 Å². The Balaban J connectivity index is 2.51. The molecule has 0 radical (unpaired) electrons. The molecule has 2 heterocycles. The van der Waals surface area contributed by atoms with Crippen molar-refractivity contribution in [2.75, 3.05) is 13.2 Å². The van der Waals surface area contributed by atoms with E-state index in [0.29, 0.717) is 0 Å². The summed E-state index contributed by atoms with van der Waals surface area (Å²) in [6.07, 6.45) is -12.0. The molecule has 29 heavy (non-hydrogen) atoms. The van der Waals surface area contributed by atoms with Crippen LogP contribution in [-0.2, 0) is 19.0 Å². The lowest BCUT2D eigenvalue weighted by molar-refractivity contribution is -0.419. The first-order chi connectivity index (χ1) is 13.1. The average molecular weight is 488 g/mol. The number of hydrogen-bond acceptors (Lipinski definition) is 12. The van der Waals surface area contributed by atoms with E-state index in [9.17, 15) is 45.6 Å². The largest absolute Gasteiger partial charge is 0.394 e. The molecule has 2 rings (SSSR count). The van der Waals surface area contributed by atoms with Crippen LogP contribution < -0.4 is 0 Å². The summed E-state index contributed by atoms with van der Waals surface area (Å²) in [7, 11) is 0. The van der Waals surface area contributed by atoms with Gasteiger partial charge in [-0.3, -0.25) is 9.53 Å². The summed E-state index contributed by atoms with van der Waals surface area (Å²) in [4.78, 5) is 11.5. The van der Waals surface area contributed by atoms with Gasteiger partial charge >= 0.3 is 5.25 Å². The first-order valence-electron chi connectivity index (χ1n) is 8.13. The van der Waals surface area contributed by atoms with Crippen molar-refractivity contribution in [3.63, 3.8) is 0 Å². The molecule has 0 aromatic heterocycles. The number of aliphatic hydroxyl groups is 8. The highest BCUT2D eigenvalue weighted by atomic mass is 35.5. The summed E-state index contributed by atoms with van der Waals surface area (Å²) in [5, 5.41) is 70.0. The van der Waals surface area contributed by atoms with Gasteiger partial charge in [-0.25, -0.2) is 0 Å². The Morgan fingerprint density at radius 2 is 1.66 bits per heavy atom. The second kappa shape index (κ2) is 8.22. The van der Waals surface area contributed by atoms with Crippen molar-refractivity contribution in [1.29, 1.82) is 0 Å². The molecule has 0 saturated carbocycles. The van der Waals surface area contributed by atoms with E-state index in [1.54, 1.807) is 0 Å². The number of carbonyl (C=O) groups is 1. The van der Waals surface area contributed by atoms with Crippen LogP contribution in [0.5, 0.6) is 0 Å². The fourth-order valence-corrected chi connectivity index (χ4v) is 3.84. The van der Waals surface area contributed by atoms with Gasteiger partial charge in [0.1, 0.15) is 43.2 Å². The zero-order valence-corrected chi connectivity index (χ0v) is 17.0. The molecule has 0 aliphatic carbocycles. The van der Waals surface area contributed by atoms with E-state index in [1.165, 1.54) is 0 Å². The van der Waals surface area contributed by atoms with Crippen molar-refractivity contribution in [1.82, 2.24) is 0 Å². The van der Waals surface area contributed by atoms with E-state index in [2.05, 4.69) is 0 Å². The third kappa shape index (κ3) is 3.79. The van der Waals surface area contributed by atoms with Crippen LogP contribution in [0.15, 0.2) is 0 Å². The molecule has 2 aliphatic heterocycles. The van der Waals surface area contributed by atoms with Crippen LogP contribution in [0.25, 0.3) is 0 Å². The minimum absolute atomic E-state index is 0.839. The van der Waals surface area contributed by atoms with Crippen molar-refractivity contribution < 1.29 is 59.9 Å². The average Bonchev–Trinajstić information content (AvgIpc) is 2.88. The second-order valence-corrected chi connectivity index (χ2v) is 8.38. The minimum atomic E-state index is -3.46. The summed E-state index contributed by atoms with van der Waals surface area (Å²) in [5.41, 5.74) is 0. The van der Waals surface area contributed by atoms with E-state index in [0.717, 1.165) is 6.92 Å². The third-order valence-corrected chi connectivity index (χ3v) is 6.46. The van der Waals surface area contributed by atoms with Crippen molar-refractivity contribution in [2.45, 2.75) is 64.7 Å². The third-order valence-electron chi connectivity index (χ3n) is 4.79. The quantitative estimate of drug-likeness (QED) is 0.170. The molecule has 12 nitrogen and oxygen atoms in total. The van der Waals surface area contributed by atoms with Gasteiger partial charge in [-0.2, -0.15) is 0 Å². The molecule has 15 heteroatoms. The first-order valence-corrected chi connectivity index (χ1v) is 9.27. The molecule has 2 fully saturated rings. The molecule has 2 saturated heterocycles. The topological polar surface area (TPSA) is 207 Å². The molecule has 0 spiro atoms. The smallest absolute Gasteiger partial charge is 0.300 e. The minimum Gasteiger partial charge on any atom is -0.394 e. The lowest BCUT2D eigenvalue weighted by Crippen LogP contribution is -2.77. The van der Waals surface area contributed by atoms with Gasteiger partial charge in [0.2, 0.25) is 10.8 Å². The number of alkyl halides is 3. The number of Topliss-reactive ketones (excluding diaryl/α,β-unsaturated/α-hetero) is 1. The molecule has 2 unspecified atom stereocenters. The van der Waals surface area contributed by atoms with Crippen molar-refractivity contribution in [2.24, 2.45) is 0 Å². The van der Waals surface area contributed by atoms with Gasteiger partial charge < -0.3 is 50.3 Å². The van der Waals surface area contributed by atoms with Gasteiger partial charge in [0.15, 0.2) is 5.78 Å². The Morgan fingerprint density at radius 3 is 2.07 bits per heavy atom. The Labute approximate surface area is 178 Å². The predicted molar refractivity (Wildman–Crippen MR) is 92.6 cm³/mol. The molecule has 8 N–H and O–H groups in total. The highest BCUT2D eigenvalue weighted by molar-refractivity contribution is 6.38. The standard InChI is InChI=1S/C14H21Cl3O12/c1-4(20)6(21)8-10(24)12(15,25)13(16,26)14(17,28-8)29-11(3-19)9(23)7(22)5(2-18)27-11/h5-10,18-19,21-26H,2-3H2,1H3/t5-,6?,7-,8-,9+,10-,11?,12+,13-,14-/m1/s1. The maximum atomic E-state index is 11.5. The SMILES string of the molecule is CC(=O)C(O)[C@H]1O[C@@](Cl)(OC2(CO)O[C@H](CO)[C@@H](O)[C@@H]2O)[C@@](O)(Cl)[C@](O)(Cl)[C@@H]1O. The fraction of sp³-hybridized carbons (Fsp3) is 0.929.